The molecule has 2 aromatic carbocycles. The lowest BCUT2D eigenvalue weighted by atomic mass is 9.97. The van der Waals surface area contributed by atoms with E-state index in [2.05, 4.69) is 4.99 Å². The minimum atomic E-state index is -5.13. The number of ether oxygens (including phenoxy) is 1. The quantitative estimate of drug-likeness (QED) is 0.340. The first-order valence-electron chi connectivity index (χ1n) is 11.5. The fourth-order valence-electron chi connectivity index (χ4n) is 4.33. The molecule has 0 aliphatic carbocycles. The Morgan fingerprint density at radius 2 is 1.52 bits per heavy atom. The Kier molecular flexibility index (Phi) is 7.67. The normalized spacial score (nSPS) is 22.0. The Balaban J connectivity index is 1.72. The molecule has 0 radical (unpaired) electrons. The number of cyclic esters (lactones) is 1. The molecule has 216 valence electrons. The summed E-state index contributed by atoms with van der Waals surface area (Å²) >= 11 is 1.12. The summed E-state index contributed by atoms with van der Waals surface area (Å²) in [5, 5.41) is 0.258. The van der Waals surface area contributed by atoms with E-state index in [-0.39, 0.29) is 33.8 Å². The number of ketones is 1. The lowest BCUT2D eigenvalue weighted by Crippen LogP contribution is -2.32. The van der Waals surface area contributed by atoms with E-state index in [0.717, 1.165) is 34.9 Å². The number of rotatable bonds is 5. The van der Waals surface area contributed by atoms with Crippen molar-refractivity contribution in [2.24, 2.45) is 4.99 Å². The van der Waals surface area contributed by atoms with Crippen LogP contribution in [0.15, 0.2) is 41.4 Å². The number of alkyl halides is 9. The molecule has 0 saturated carbocycles. The highest BCUT2D eigenvalue weighted by molar-refractivity contribution is 8.14. The largest absolute Gasteiger partial charge is 0.439 e. The standard InChI is InChI=1S/C25H19F9N2O3S/c1-11-20(13-5-16(24(29,30)31)8-17(6-13)25(32,33)34)39-22(38)36(11)9-14-7-15(23(26,27)28)3-4-18(14)21-35-19(10-40-21)12(2)37/h3-8,11,19-20H,9-10H2,1-2H3/t11-,19?,20-/m0/s1. The van der Waals surface area contributed by atoms with Gasteiger partial charge in [-0.1, -0.05) is 6.07 Å². The highest BCUT2D eigenvalue weighted by Gasteiger charge is 2.44. The molecule has 2 aliphatic heterocycles. The van der Waals surface area contributed by atoms with E-state index in [4.69, 9.17) is 4.74 Å². The Labute approximate surface area is 225 Å². The number of hydrogen-bond acceptors (Lipinski definition) is 5. The van der Waals surface area contributed by atoms with E-state index in [1.165, 1.54) is 13.8 Å². The molecular formula is C25H19F9N2O3S. The number of carbonyl (C=O) groups excluding carboxylic acids is 2. The Bertz CT molecular complexity index is 1340. The zero-order chi connectivity index (χ0) is 29.8. The molecule has 3 atom stereocenters. The predicted molar refractivity (Wildman–Crippen MR) is 126 cm³/mol. The van der Waals surface area contributed by atoms with Crippen molar-refractivity contribution in [3.8, 4) is 0 Å². The predicted octanol–water partition coefficient (Wildman–Crippen LogP) is 7.28. The van der Waals surface area contributed by atoms with Crippen molar-refractivity contribution < 1.29 is 53.8 Å². The van der Waals surface area contributed by atoms with Gasteiger partial charge in [0.05, 0.1) is 34.3 Å². The molecule has 0 bridgehead atoms. The second-order valence-corrected chi connectivity index (χ2v) is 10.3. The van der Waals surface area contributed by atoms with Gasteiger partial charge in [0.15, 0.2) is 5.78 Å². The van der Waals surface area contributed by atoms with Crippen LogP contribution in [0.25, 0.3) is 0 Å². The van der Waals surface area contributed by atoms with Crippen LogP contribution in [0, 0.1) is 0 Å². The van der Waals surface area contributed by atoms with Gasteiger partial charge in [0.2, 0.25) is 0 Å². The van der Waals surface area contributed by atoms with Crippen LogP contribution in [0.5, 0.6) is 0 Å². The van der Waals surface area contributed by atoms with E-state index in [0.29, 0.717) is 12.1 Å². The number of halogens is 9. The second kappa shape index (κ2) is 10.3. The van der Waals surface area contributed by atoms with Crippen molar-refractivity contribution in [2.75, 3.05) is 5.75 Å². The van der Waals surface area contributed by atoms with Gasteiger partial charge in [-0.2, -0.15) is 39.5 Å². The Hall–Kier alpha value is -3.23. The van der Waals surface area contributed by atoms with Crippen molar-refractivity contribution >= 4 is 28.7 Å². The molecular weight excluding hydrogens is 579 g/mol. The first-order chi connectivity index (χ1) is 18.4. The average molecular weight is 598 g/mol. The number of amides is 1. The van der Waals surface area contributed by atoms with Crippen LogP contribution in [-0.2, 0) is 34.6 Å². The second-order valence-electron chi connectivity index (χ2n) is 9.25. The molecule has 2 heterocycles. The third-order valence-electron chi connectivity index (χ3n) is 6.45. The number of thioether (sulfide) groups is 1. The van der Waals surface area contributed by atoms with Crippen LogP contribution in [0.1, 0.15) is 53.3 Å². The molecule has 0 aromatic heterocycles. The van der Waals surface area contributed by atoms with Gasteiger partial charge in [-0.3, -0.25) is 14.7 Å². The molecule has 0 N–H and O–H groups in total. The van der Waals surface area contributed by atoms with Crippen LogP contribution in [-0.4, -0.2) is 39.7 Å². The van der Waals surface area contributed by atoms with Crippen LogP contribution in [0.3, 0.4) is 0 Å². The fraction of sp³-hybridized carbons (Fsp3) is 0.400. The Morgan fingerprint density at radius 1 is 0.950 bits per heavy atom. The number of Topliss-reactive ketones (excluding diaryl/α,β-unsaturated/α-hetero) is 1. The SMILES string of the molecule is CC(=O)C1CSC(c2ccc(C(F)(F)F)cc2CN2C(=O)O[C@H](c3cc(C(F)(F)F)cc(C(F)(F)F)c3)[C@@H]2C)=N1. The molecule has 2 aliphatic rings. The van der Waals surface area contributed by atoms with Gasteiger partial charge >= 0.3 is 24.6 Å². The summed E-state index contributed by atoms with van der Waals surface area (Å²) in [4.78, 5) is 29.6. The minimum absolute atomic E-state index is 0.0465. The summed E-state index contributed by atoms with van der Waals surface area (Å²) in [5.74, 6) is 0.00164. The molecule has 5 nitrogen and oxygen atoms in total. The van der Waals surface area contributed by atoms with Crippen molar-refractivity contribution in [3.63, 3.8) is 0 Å². The van der Waals surface area contributed by atoms with E-state index in [9.17, 15) is 49.1 Å². The molecule has 15 heteroatoms. The van der Waals surface area contributed by atoms with Crippen molar-refractivity contribution in [3.05, 3.63) is 69.8 Å². The zero-order valence-corrected chi connectivity index (χ0v) is 21.4. The van der Waals surface area contributed by atoms with Crippen molar-refractivity contribution in [1.82, 2.24) is 4.90 Å². The molecule has 40 heavy (non-hydrogen) atoms. The summed E-state index contributed by atoms with van der Waals surface area (Å²) in [6.45, 7) is 2.08. The van der Waals surface area contributed by atoms with Gasteiger partial charge in [-0.15, -0.1) is 11.8 Å². The third-order valence-corrected chi connectivity index (χ3v) is 7.54. The number of nitrogens with zero attached hydrogens (tertiary/aromatic N) is 2. The number of aliphatic imine (C=N–C) groups is 1. The molecule has 1 unspecified atom stereocenters. The van der Waals surface area contributed by atoms with Crippen LogP contribution in [0.4, 0.5) is 44.3 Å². The van der Waals surface area contributed by atoms with Crippen LogP contribution in [0.2, 0.25) is 0 Å². The van der Waals surface area contributed by atoms with Gasteiger partial charge < -0.3 is 4.74 Å². The molecule has 2 aromatic rings. The molecule has 1 amide bonds. The van der Waals surface area contributed by atoms with E-state index < -0.39 is 71.6 Å². The molecule has 1 saturated heterocycles. The topological polar surface area (TPSA) is 59.0 Å². The minimum Gasteiger partial charge on any atom is -0.439 e. The van der Waals surface area contributed by atoms with Gasteiger partial charge in [0, 0.05) is 11.3 Å². The van der Waals surface area contributed by atoms with Gasteiger partial charge in [0.25, 0.3) is 0 Å². The van der Waals surface area contributed by atoms with E-state index >= 15 is 0 Å². The monoisotopic (exact) mass is 598 g/mol. The smallest absolute Gasteiger partial charge is 0.416 e. The lowest BCUT2D eigenvalue weighted by molar-refractivity contribution is -0.143. The highest BCUT2D eigenvalue weighted by Crippen LogP contribution is 2.42. The van der Waals surface area contributed by atoms with Gasteiger partial charge in [0.1, 0.15) is 12.1 Å². The zero-order valence-electron chi connectivity index (χ0n) is 20.5. The lowest BCUT2D eigenvalue weighted by Gasteiger charge is -2.24. The summed E-state index contributed by atoms with van der Waals surface area (Å²) in [6, 6.07) is 1.66. The summed E-state index contributed by atoms with van der Waals surface area (Å²) < 4.78 is 126. The fourth-order valence-corrected chi connectivity index (χ4v) is 5.51. The maximum atomic E-state index is 13.5. The molecule has 0 spiro atoms. The summed E-state index contributed by atoms with van der Waals surface area (Å²) in [6.07, 6.45) is -17.7. The van der Waals surface area contributed by atoms with Crippen molar-refractivity contribution in [1.29, 1.82) is 0 Å². The van der Waals surface area contributed by atoms with Crippen LogP contribution >= 0.6 is 11.8 Å². The summed E-state index contributed by atoms with van der Waals surface area (Å²) in [7, 11) is 0. The number of hydrogen-bond donors (Lipinski definition) is 0. The molecule has 1 fully saturated rings. The molecule has 4 rings (SSSR count). The third kappa shape index (κ3) is 6.08. The maximum Gasteiger partial charge on any atom is 0.416 e. The Morgan fingerprint density at radius 3 is 2.02 bits per heavy atom. The van der Waals surface area contributed by atoms with E-state index in [1.807, 2.05) is 0 Å². The van der Waals surface area contributed by atoms with E-state index in [1.54, 1.807) is 0 Å². The number of benzene rings is 2. The maximum absolute atomic E-state index is 13.5. The first kappa shape index (κ1) is 29.7. The average Bonchev–Trinajstić information content (AvgIpc) is 3.43. The van der Waals surface area contributed by atoms with Crippen LogP contribution < -0.4 is 0 Å². The first-order valence-corrected chi connectivity index (χ1v) is 12.5. The number of carbonyl (C=O) groups is 2. The summed E-state index contributed by atoms with van der Waals surface area (Å²) in [5.41, 5.74) is -4.68. The van der Waals surface area contributed by atoms with Gasteiger partial charge in [-0.05, 0) is 55.3 Å². The highest BCUT2D eigenvalue weighted by atomic mass is 32.2. The van der Waals surface area contributed by atoms with Crippen molar-refractivity contribution in [2.45, 2.75) is 57.1 Å². The van der Waals surface area contributed by atoms with Gasteiger partial charge in [-0.25, -0.2) is 4.79 Å².